The van der Waals surface area contributed by atoms with E-state index in [1.807, 2.05) is 19.9 Å². The van der Waals surface area contributed by atoms with E-state index < -0.39 is 30.4 Å². The van der Waals surface area contributed by atoms with Gasteiger partial charge in [-0.3, -0.25) is 9.59 Å². The number of amides is 2. The highest BCUT2D eigenvalue weighted by atomic mass is 19.4. The molecule has 2 aromatic rings. The van der Waals surface area contributed by atoms with Crippen molar-refractivity contribution in [3.8, 4) is 0 Å². The highest BCUT2D eigenvalue weighted by Gasteiger charge is 2.28. The Morgan fingerprint density at radius 2 is 1.69 bits per heavy atom. The van der Waals surface area contributed by atoms with Gasteiger partial charge in [0, 0.05) is 22.5 Å². The molecule has 29 heavy (non-hydrogen) atoms. The Hall–Kier alpha value is -3.10. The first kappa shape index (κ1) is 22.2. The Bertz CT molecular complexity index is 927. The van der Waals surface area contributed by atoms with Crippen molar-refractivity contribution in [1.82, 2.24) is 5.32 Å². The molecule has 9 heteroatoms. The van der Waals surface area contributed by atoms with Crippen LogP contribution in [0.5, 0.6) is 0 Å². The number of hydrogen-bond donors (Lipinski definition) is 3. The molecule has 0 radical (unpaired) electrons. The zero-order chi connectivity index (χ0) is 21.8. The standard InChI is InChI=1S/C20H21F4N3O2/c1-11-5-4-6-16(12(11)2)27-18(28)9-25-17-8-14(7-15(21)13(17)3)19(29)26-10-20(22,23)24/h4-8,25H,9-10H2,1-3H3,(H,26,29)(H,27,28). The van der Waals surface area contributed by atoms with Crippen molar-refractivity contribution in [3.05, 3.63) is 58.4 Å². The van der Waals surface area contributed by atoms with E-state index in [4.69, 9.17) is 0 Å². The summed E-state index contributed by atoms with van der Waals surface area (Å²) < 4.78 is 50.9. The lowest BCUT2D eigenvalue weighted by atomic mass is 10.1. The molecule has 0 atom stereocenters. The van der Waals surface area contributed by atoms with Gasteiger partial charge in [-0.2, -0.15) is 13.2 Å². The quantitative estimate of drug-likeness (QED) is 0.627. The van der Waals surface area contributed by atoms with Crippen LogP contribution in [0.15, 0.2) is 30.3 Å². The second-order valence-corrected chi connectivity index (χ2v) is 6.58. The van der Waals surface area contributed by atoms with Crippen LogP contribution in [0.25, 0.3) is 0 Å². The summed E-state index contributed by atoms with van der Waals surface area (Å²) >= 11 is 0. The fraction of sp³-hybridized carbons (Fsp3) is 0.300. The van der Waals surface area contributed by atoms with E-state index in [1.165, 1.54) is 13.0 Å². The van der Waals surface area contributed by atoms with Crippen molar-refractivity contribution in [2.45, 2.75) is 26.9 Å². The van der Waals surface area contributed by atoms with Gasteiger partial charge >= 0.3 is 6.18 Å². The van der Waals surface area contributed by atoms with Crippen LogP contribution in [0.4, 0.5) is 28.9 Å². The molecule has 156 valence electrons. The van der Waals surface area contributed by atoms with Gasteiger partial charge in [0.1, 0.15) is 12.4 Å². The van der Waals surface area contributed by atoms with E-state index in [0.29, 0.717) is 5.69 Å². The Balaban J connectivity index is 2.08. The molecule has 2 amide bonds. The number of hydrogen-bond acceptors (Lipinski definition) is 3. The Labute approximate surface area is 165 Å². The number of carbonyl (C=O) groups excluding carboxylic acids is 2. The highest BCUT2D eigenvalue weighted by molar-refractivity contribution is 5.97. The van der Waals surface area contributed by atoms with Crippen LogP contribution >= 0.6 is 0 Å². The van der Waals surface area contributed by atoms with Crippen molar-refractivity contribution in [2.75, 3.05) is 23.7 Å². The Morgan fingerprint density at radius 3 is 2.34 bits per heavy atom. The number of anilines is 2. The molecule has 0 aliphatic rings. The maximum atomic E-state index is 14.1. The summed E-state index contributed by atoms with van der Waals surface area (Å²) in [5.74, 6) is -2.24. The lowest BCUT2D eigenvalue weighted by Crippen LogP contribution is -2.33. The largest absolute Gasteiger partial charge is 0.405 e. The molecule has 0 heterocycles. The average Bonchev–Trinajstić information content (AvgIpc) is 2.64. The van der Waals surface area contributed by atoms with E-state index in [9.17, 15) is 27.2 Å². The van der Waals surface area contributed by atoms with E-state index in [-0.39, 0.29) is 23.4 Å². The number of carbonyl (C=O) groups is 2. The fourth-order valence-corrected chi connectivity index (χ4v) is 2.53. The first-order chi connectivity index (χ1) is 13.5. The van der Waals surface area contributed by atoms with Crippen LogP contribution in [0.1, 0.15) is 27.0 Å². The summed E-state index contributed by atoms with van der Waals surface area (Å²) in [6.07, 6.45) is -4.58. The van der Waals surface area contributed by atoms with Crippen LogP contribution in [0.2, 0.25) is 0 Å². The first-order valence-electron chi connectivity index (χ1n) is 8.73. The smallest absolute Gasteiger partial charge is 0.376 e. The minimum absolute atomic E-state index is 0.136. The molecule has 0 spiro atoms. The van der Waals surface area contributed by atoms with E-state index >= 15 is 0 Å². The zero-order valence-electron chi connectivity index (χ0n) is 16.1. The summed E-state index contributed by atoms with van der Waals surface area (Å²) in [6, 6.07) is 7.51. The third-order valence-corrected chi connectivity index (χ3v) is 4.37. The lowest BCUT2D eigenvalue weighted by Gasteiger charge is -2.14. The van der Waals surface area contributed by atoms with Crippen LogP contribution in [0, 0.1) is 26.6 Å². The number of alkyl halides is 3. The molecule has 0 aliphatic heterocycles. The van der Waals surface area contributed by atoms with Crippen molar-refractivity contribution >= 4 is 23.2 Å². The van der Waals surface area contributed by atoms with E-state index in [1.54, 1.807) is 17.4 Å². The molecule has 0 unspecified atom stereocenters. The third kappa shape index (κ3) is 6.20. The van der Waals surface area contributed by atoms with Gasteiger partial charge in [0.2, 0.25) is 5.91 Å². The lowest BCUT2D eigenvalue weighted by molar-refractivity contribution is -0.123. The number of benzene rings is 2. The maximum Gasteiger partial charge on any atom is 0.405 e. The fourth-order valence-electron chi connectivity index (χ4n) is 2.53. The summed E-state index contributed by atoms with van der Waals surface area (Å²) in [5, 5.41) is 7.14. The Morgan fingerprint density at radius 1 is 1.00 bits per heavy atom. The molecule has 0 saturated heterocycles. The van der Waals surface area contributed by atoms with Gasteiger partial charge in [-0.05, 0) is 50.1 Å². The average molecular weight is 411 g/mol. The van der Waals surface area contributed by atoms with Crippen LogP contribution < -0.4 is 16.0 Å². The van der Waals surface area contributed by atoms with Crippen molar-refractivity contribution in [2.24, 2.45) is 0 Å². The zero-order valence-corrected chi connectivity index (χ0v) is 16.1. The topological polar surface area (TPSA) is 70.2 Å². The predicted octanol–water partition coefficient (Wildman–Crippen LogP) is 4.09. The minimum atomic E-state index is -4.58. The second kappa shape index (κ2) is 8.93. The third-order valence-electron chi connectivity index (χ3n) is 4.37. The number of rotatable bonds is 6. The summed E-state index contributed by atoms with van der Waals surface area (Å²) in [4.78, 5) is 24.1. The molecule has 0 fully saturated rings. The van der Waals surface area contributed by atoms with Gasteiger partial charge in [0.05, 0.1) is 6.54 Å². The molecule has 2 rings (SSSR count). The normalized spacial score (nSPS) is 11.1. The van der Waals surface area contributed by atoms with Crippen LogP contribution in [-0.2, 0) is 4.79 Å². The molecular weight excluding hydrogens is 390 g/mol. The number of nitrogens with one attached hydrogen (secondary N) is 3. The molecule has 5 nitrogen and oxygen atoms in total. The van der Waals surface area contributed by atoms with E-state index in [2.05, 4.69) is 10.6 Å². The predicted molar refractivity (Wildman–Crippen MR) is 103 cm³/mol. The van der Waals surface area contributed by atoms with Gasteiger partial charge < -0.3 is 16.0 Å². The van der Waals surface area contributed by atoms with Gasteiger partial charge in [-0.25, -0.2) is 4.39 Å². The summed E-state index contributed by atoms with van der Waals surface area (Å²) in [5.41, 5.74) is 2.54. The number of halogens is 4. The minimum Gasteiger partial charge on any atom is -0.376 e. The highest BCUT2D eigenvalue weighted by Crippen LogP contribution is 2.22. The summed E-state index contributed by atoms with van der Waals surface area (Å²) in [7, 11) is 0. The molecule has 0 aromatic heterocycles. The van der Waals surface area contributed by atoms with Gasteiger partial charge in [-0.1, -0.05) is 12.1 Å². The van der Waals surface area contributed by atoms with Crippen LogP contribution in [0.3, 0.4) is 0 Å². The molecule has 3 N–H and O–H groups in total. The number of aryl methyl sites for hydroxylation is 1. The van der Waals surface area contributed by atoms with Gasteiger partial charge in [-0.15, -0.1) is 0 Å². The van der Waals surface area contributed by atoms with Crippen molar-refractivity contribution in [3.63, 3.8) is 0 Å². The maximum absolute atomic E-state index is 14.1. The first-order valence-corrected chi connectivity index (χ1v) is 8.73. The molecule has 0 saturated carbocycles. The monoisotopic (exact) mass is 411 g/mol. The van der Waals surface area contributed by atoms with Gasteiger partial charge in [0.15, 0.2) is 0 Å². The molecule has 0 bridgehead atoms. The van der Waals surface area contributed by atoms with Crippen molar-refractivity contribution in [1.29, 1.82) is 0 Å². The Kier molecular flexibility index (Phi) is 6.84. The second-order valence-electron chi connectivity index (χ2n) is 6.58. The van der Waals surface area contributed by atoms with Gasteiger partial charge in [0.25, 0.3) is 5.91 Å². The molecular formula is C20H21F4N3O2. The SMILES string of the molecule is Cc1cccc(NC(=O)CNc2cc(C(=O)NCC(F)(F)F)cc(F)c2C)c1C. The molecule has 0 aliphatic carbocycles. The summed E-state index contributed by atoms with van der Waals surface area (Å²) in [6.45, 7) is 3.45. The van der Waals surface area contributed by atoms with E-state index in [0.717, 1.165) is 17.2 Å². The molecule has 2 aromatic carbocycles. The van der Waals surface area contributed by atoms with Crippen LogP contribution in [-0.4, -0.2) is 31.1 Å². The van der Waals surface area contributed by atoms with Crippen molar-refractivity contribution < 1.29 is 27.2 Å².